The Kier molecular flexibility index (Phi) is 7.09. The molecule has 0 radical (unpaired) electrons. The van der Waals surface area contributed by atoms with E-state index in [9.17, 15) is 14.4 Å². The first-order valence-electron chi connectivity index (χ1n) is 14.2. The van der Waals surface area contributed by atoms with Crippen LogP contribution in [0, 0.1) is 34.9 Å². The summed E-state index contributed by atoms with van der Waals surface area (Å²) in [6.45, 7) is 4.24. The Balaban J connectivity index is 1.15. The van der Waals surface area contributed by atoms with E-state index in [4.69, 9.17) is 11.6 Å². The molecule has 1 aliphatic heterocycles. The second-order valence-corrected chi connectivity index (χ2v) is 12.5. The monoisotopic (exact) mass is 534 g/mol. The number of amides is 2. The van der Waals surface area contributed by atoms with Gasteiger partial charge in [-0.1, -0.05) is 23.7 Å². The van der Waals surface area contributed by atoms with Crippen molar-refractivity contribution in [1.82, 2.24) is 9.80 Å². The van der Waals surface area contributed by atoms with Crippen LogP contribution in [0.1, 0.15) is 62.5 Å². The number of rotatable bonds is 7. The van der Waals surface area contributed by atoms with Crippen LogP contribution in [0.15, 0.2) is 42.5 Å². The number of nitrogens with zero attached hydrogens (tertiary/aromatic N) is 3. The molecule has 5 nitrogen and oxygen atoms in total. The molecule has 4 aliphatic rings. The highest BCUT2D eigenvalue weighted by Gasteiger charge is 2.58. The van der Waals surface area contributed by atoms with E-state index in [1.165, 1.54) is 37.1 Å². The van der Waals surface area contributed by atoms with E-state index in [1.807, 2.05) is 12.1 Å². The lowest BCUT2D eigenvalue weighted by Gasteiger charge is -2.40. The molecule has 1 saturated heterocycles. The summed E-state index contributed by atoms with van der Waals surface area (Å²) >= 11 is 5.99. The van der Waals surface area contributed by atoms with Crippen molar-refractivity contribution in [2.75, 3.05) is 31.5 Å². The predicted molar refractivity (Wildman–Crippen MR) is 148 cm³/mol. The third-order valence-electron chi connectivity index (χ3n) is 9.53. The lowest BCUT2D eigenvalue weighted by Crippen LogP contribution is -2.49. The van der Waals surface area contributed by atoms with Crippen LogP contribution in [0.5, 0.6) is 0 Å². The van der Waals surface area contributed by atoms with Crippen LogP contribution in [0.3, 0.4) is 0 Å². The van der Waals surface area contributed by atoms with Crippen LogP contribution in [0.2, 0.25) is 5.02 Å². The molecule has 1 N–H and O–H groups in total. The van der Waals surface area contributed by atoms with E-state index in [0.717, 1.165) is 69.6 Å². The summed E-state index contributed by atoms with van der Waals surface area (Å²) < 4.78 is 13.7. The van der Waals surface area contributed by atoms with Crippen molar-refractivity contribution in [3.63, 3.8) is 0 Å². The quantitative estimate of drug-likeness (QED) is 0.424. The molecule has 200 valence electrons. The Morgan fingerprint density at radius 3 is 2.66 bits per heavy atom. The SMILES string of the molecule is N#Cc1cccc([C@]23CCC(N(CC4CCN(CC5CC5)CC4)C(=O)Nc4ccc(F)c(Cl)c4)CC2C3)c1. The lowest BCUT2D eigenvalue weighted by molar-refractivity contribution is 0.115. The summed E-state index contributed by atoms with van der Waals surface area (Å²) in [6, 6.07) is 14.8. The fraction of sp³-hybridized carbons (Fsp3) is 0.548. The van der Waals surface area contributed by atoms with Crippen molar-refractivity contribution in [3.05, 3.63) is 64.4 Å². The first-order chi connectivity index (χ1) is 18.4. The van der Waals surface area contributed by atoms with Gasteiger partial charge in [0.1, 0.15) is 5.82 Å². The smallest absolute Gasteiger partial charge is 0.321 e. The van der Waals surface area contributed by atoms with Crippen molar-refractivity contribution in [2.24, 2.45) is 17.8 Å². The molecule has 0 bridgehead atoms. The molecule has 2 amide bonds. The molecular weight excluding hydrogens is 499 g/mol. The standard InChI is InChI=1S/C31H36ClFN4O/c32-28-16-26(6-7-29(28)33)35-30(38)37(20-22-9-12-36(13-10-22)19-21-4-5-21)27-8-11-31(17-25(31)15-27)24-3-1-2-23(14-24)18-34/h1-3,6-7,14,16,21-22,25,27H,4-5,8-13,15,17,19-20H2,(H,35,38)/t25?,27?,31-/m1/s1. The van der Waals surface area contributed by atoms with Crippen LogP contribution >= 0.6 is 11.6 Å². The van der Waals surface area contributed by atoms with Gasteiger partial charge >= 0.3 is 6.03 Å². The maximum atomic E-state index is 13.7. The van der Waals surface area contributed by atoms with E-state index in [2.05, 4.69) is 33.3 Å². The molecule has 2 aromatic rings. The highest BCUT2D eigenvalue weighted by atomic mass is 35.5. The highest BCUT2D eigenvalue weighted by molar-refractivity contribution is 6.31. The molecule has 0 spiro atoms. The number of anilines is 1. The number of piperidine rings is 1. The summed E-state index contributed by atoms with van der Waals surface area (Å²) in [5.74, 6) is 1.45. The molecule has 0 aromatic heterocycles. The van der Waals surface area contributed by atoms with Crippen LogP contribution in [-0.4, -0.2) is 48.1 Å². The van der Waals surface area contributed by atoms with Crippen molar-refractivity contribution >= 4 is 23.3 Å². The molecule has 3 atom stereocenters. The summed E-state index contributed by atoms with van der Waals surface area (Å²) in [4.78, 5) is 18.4. The van der Waals surface area contributed by atoms with Gasteiger partial charge in [0.05, 0.1) is 16.7 Å². The number of carbonyl (C=O) groups is 1. The Labute approximate surface area is 229 Å². The molecule has 38 heavy (non-hydrogen) atoms. The zero-order valence-electron chi connectivity index (χ0n) is 21.8. The number of hydrogen-bond acceptors (Lipinski definition) is 3. The van der Waals surface area contributed by atoms with E-state index < -0.39 is 5.82 Å². The van der Waals surface area contributed by atoms with Crippen molar-refractivity contribution < 1.29 is 9.18 Å². The maximum Gasteiger partial charge on any atom is 0.322 e. The van der Waals surface area contributed by atoms with Gasteiger partial charge in [0.2, 0.25) is 0 Å². The molecule has 2 unspecified atom stereocenters. The molecular formula is C31H36ClFN4O. The molecule has 7 heteroatoms. The van der Waals surface area contributed by atoms with E-state index >= 15 is 0 Å². The Morgan fingerprint density at radius 1 is 1.13 bits per heavy atom. The zero-order chi connectivity index (χ0) is 26.3. The number of nitriles is 1. The van der Waals surface area contributed by atoms with Crippen LogP contribution < -0.4 is 5.32 Å². The first-order valence-corrected chi connectivity index (χ1v) is 14.6. The van der Waals surface area contributed by atoms with E-state index in [1.54, 1.807) is 6.07 Å². The summed E-state index contributed by atoms with van der Waals surface area (Å²) in [7, 11) is 0. The molecule has 1 heterocycles. The maximum absolute atomic E-state index is 13.7. The first kappa shape index (κ1) is 25.6. The second kappa shape index (κ2) is 10.5. The number of carbonyl (C=O) groups excluding carboxylic acids is 1. The second-order valence-electron chi connectivity index (χ2n) is 12.1. The normalized spacial score (nSPS) is 27.3. The van der Waals surface area contributed by atoms with Crippen molar-refractivity contribution in [3.8, 4) is 6.07 Å². The fourth-order valence-electron chi connectivity index (χ4n) is 7.01. The van der Waals surface area contributed by atoms with Gasteiger partial charge in [-0.2, -0.15) is 5.26 Å². The molecule has 2 aromatic carbocycles. The Bertz CT molecular complexity index is 1230. The number of halogens is 2. The van der Waals surface area contributed by atoms with Gasteiger partial charge in [-0.15, -0.1) is 0 Å². The minimum atomic E-state index is -0.489. The van der Waals surface area contributed by atoms with Crippen molar-refractivity contribution in [1.29, 1.82) is 5.26 Å². The predicted octanol–water partition coefficient (Wildman–Crippen LogP) is 6.82. The van der Waals surface area contributed by atoms with Gasteiger partial charge in [-0.25, -0.2) is 9.18 Å². The zero-order valence-corrected chi connectivity index (χ0v) is 22.6. The largest absolute Gasteiger partial charge is 0.322 e. The van der Waals surface area contributed by atoms with Gasteiger partial charge in [0.25, 0.3) is 0 Å². The van der Waals surface area contributed by atoms with Crippen molar-refractivity contribution in [2.45, 2.75) is 62.8 Å². The van der Waals surface area contributed by atoms with Crippen LogP contribution in [0.25, 0.3) is 0 Å². The summed E-state index contributed by atoms with van der Waals surface area (Å²) in [5, 5.41) is 12.4. The van der Waals surface area contributed by atoms with Gasteiger partial charge in [-0.05, 0) is 124 Å². The number of hydrogen-bond donors (Lipinski definition) is 1. The minimum absolute atomic E-state index is 0.0115. The molecule has 6 rings (SSSR count). The average molecular weight is 535 g/mol. The van der Waals surface area contributed by atoms with Gasteiger partial charge in [-0.3, -0.25) is 0 Å². The summed E-state index contributed by atoms with van der Waals surface area (Å²) in [6.07, 6.45) is 9.10. The highest BCUT2D eigenvalue weighted by Crippen LogP contribution is 2.63. The topological polar surface area (TPSA) is 59.4 Å². The number of benzene rings is 2. The number of urea groups is 1. The Morgan fingerprint density at radius 2 is 1.95 bits per heavy atom. The third-order valence-corrected chi connectivity index (χ3v) is 9.82. The fourth-order valence-corrected chi connectivity index (χ4v) is 7.19. The number of fused-ring (bicyclic) bond motifs is 1. The number of likely N-dealkylation sites (tertiary alicyclic amines) is 1. The minimum Gasteiger partial charge on any atom is -0.321 e. The molecule has 3 saturated carbocycles. The number of nitrogens with one attached hydrogen (secondary N) is 1. The third kappa shape index (κ3) is 5.42. The molecule has 4 fully saturated rings. The van der Waals surface area contributed by atoms with Gasteiger partial charge < -0.3 is 15.1 Å². The van der Waals surface area contributed by atoms with E-state index in [0.29, 0.717) is 17.5 Å². The Hall–Kier alpha value is -2.62. The molecule has 3 aliphatic carbocycles. The van der Waals surface area contributed by atoms with Crippen LogP contribution in [0.4, 0.5) is 14.9 Å². The van der Waals surface area contributed by atoms with Gasteiger partial charge in [0, 0.05) is 24.8 Å². The van der Waals surface area contributed by atoms with Crippen LogP contribution in [-0.2, 0) is 5.41 Å². The average Bonchev–Trinajstić information content (AvgIpc) is 3.86. The lowest BCUT2D eigenvalue weighted by atomic mass is 9.79. The van der Waals surface area contributed by atoms with E-state index in [-0.39, 0.29) is 22.5 Å². The summed E-state index contributed by atoms with van der Waals surface area (Å²) in [5.41, 5.74) is 2.68. The van der Waals surface area contributed by atoms with Gasteiger partial charge in [0.15, 0.2) is 0 Å².